The molecular weight excluding hydrogens is 254 g/mol. The van der Waals surface area contributed by atoms with Gasteiger partial charge < -0.3 is 10.4 Å². The Morgan fingerprint density at radius 3 is 2.76 bits per heavy atom. The molecule has 17 heavy (non-hydrogen) atoms. The van der Waals surface area contributed by atoms with Crippen LogP contribution in [-0.4, -0.2) is 38.4 Å². The third-order valence-electron chi connectivity index (χ3n) is 2.50. The van der Waals surface area contributed by atoms with E-state index in [-0.39, 0.29) is 12.1 Å². The lowest BCUT2D eigenvalue weighted by Crippen LogP contribution is -2.47. The van der Waals surface area contributed by atoms with Gasteiger partial charge >= 0.3 is 0 Å². The molecule has 98 valence electrons. The van der Waals surface area contributed by atoms with E-state index in [1.165, 1.54) is 11.5 Å². The number of aromatic nitrogens is 2. The summed E-state index contributed by atoms with van der Waals surface area (Å²) in [4.78, 5) is 4.34. The highest BCUT2D eigenvalue weighted by Crippen LogP contribution is 2.29. The first-order chi connectivity index (χ1) is 7.99. The van der Waals surface area contributed by atoms with Gasteiger partial charge in [0.15, 0.2) is 4.34 Å². The van der Waals surface area contributed by atoms with Crippen LogP contribution in [0.1, 0.15) is 33.0 Å². The molecule has 0 amide bonds. The molecule has 2 atom stereocenters. The van der Waals surface area contributed by atoms with Gasteiger partial charge in [-0.25, -0.2) is 4.98 Å². The van der Waals surface area contributed by atoms with Gasteiger partial charge in [-0.2, -0.15) is 4.37 Å². The van der Waals surface area contributed by atoms with Crippen molar-refractivity contribution in [1.29, 1.82) is 0 Å². The zero-order valence-electron chi connectivity index (χ0n) is 10.9. The van der Waals surface area contributed by atoms with E-state index in [0.717, 1.165) is 23.1 Å². The molecule has 0 spiro atoms. The SMILES string of the molecule is CCNC(C)(CO)CC(C)Sc1nc(C)ns1. The van der Waals surface area contributed by atoms with Gasteiger partial charge in [0.1, 0.15) is 5.82 Å². The van der Waals surface area contributed by atoms with Crippen LogP contribution in [0, 0.1) is 6.92 Å². The number of aryl methyl sites for hydroxylation is 1. The fourth-order valence-corrected chi connectivity index (χ4v) is 3.97. The molecule has 0 radical (unpaired) electrons. The smallest absolute Gasteiger partial charge is 0.170 e. The Morgan fingerprint density at radius 1 is 1.59 bits per heavy atom. The third-order valence-corrected chi connectivity index (χ3v) is 4.48. The van der Waals surface area contributed by atoms with Crippen molar-refractivity contribution in [3.63, 3.8) is 0 Å². The summed E-state index contributed by atoms with van der Waals surface area (Å²) < 4.78 is 5.17. The lowest BCUT2D eigenvalue weighted by atomic mass is 9.97. The van der Waals surface area contributed by atoms with Crippen molar-refractivity contribution < 1.29 is 5.11 Å². The van der Waals surface area contributed by atoms with E-state index in [1.54, 1.807) is 11.8 Å². The number of likely N-dealkylation sites (N-methyl/N-ethyl adjacent to an activating group) is 1. The summed E-state index contributed by atoms with van der Waals surface area (Å²) in [5, 5.41) is 13.2. The average molecular weight is 275 g/mol. The molecule has 2 unspecified atom stereocenters. The third kappa shape index (κ3) is 4.91. The molecule has 6 heteroatoms. The Bertz CT molecular complexity index is 345. The summed E-state index contributed by atoms with van der Waals surface area (Å²) in [6.07, 6.45) is 0.903. The molecule has 0 aromatic carbocycles. The highest BCUT2D eigenvalue weighted by atomic mass is 32.2. The fourth-order valence-electron chi connectivity index (χ4n) is 1.79. The molecule has 4 nitrogen and oxygen atoms in total. The van der Waals surface area contributed by atoms with Crippen molar-refractivity contribution in [1.82, 2.24) is 14.7 Å². The van der Waals surface area contributed by atoms with Crippen LogP contribution in [0.25, 0.3) is 0 Å². The largest absolute Gasteiger partial charge is 0.394 e. The quantitative estimate of drug-likeness (QED) is 0.746. The van der Waals surface area contributed by atoms with Gasteiger partial charge in [0.25, 0.3) is 0 Å². The monoisotopic (exact) mass is 275 g/mol. The molecule has 1 aromatic heterocycles. The molecule has 0 bridgehead atoms. The van der Waals surface area contributed by atoms with E-state index >= 15 is 0 Å². The second kappa shape index (κ2) is 6.68. The number of aliphatic hydroxyl groups excluding tert-OH is 1. The normalized spacial score (nSPS) is 16.8. The highest BCUT2D eigenvalue weighted by Gasteiger charge is 2.25. The van der Waals surface area contributed by atoms with E-state index in [0.29, 0.717) is 5.25 Å². The number of nitrogens with one attached hydrogen (secondary N) is 1. The lowest BCUT2D eigenvalue weighted by molar-refractivity contribution is 0.168. The summed E-state index contributed by atoms with van der Waals surface area (Å²) in [5.41, 5.74) is -0.207. The van der Waals surface area contributed by atoms with Crippen LogP contribution < -0.4 is 5.32 Å². The Labute approximate surface area is 111 Å². The number of hydrogen-bond donors (Lipinski definition) is 2. The van der Waals surface area contributed by atoms with Gasteiger partial charge in [-0.05, 0) is 38.3 Å². The van der Waals surface area contributed by atoms with Crippen LogP contribution in [0.4, 0.5) is 0 Å². The second-order valence-corrected chi connectivity index (χ2v) is 6.93. The second-order valence-electron chi connectivity index (χ2n) is 4.49. The minimum Gasteiger partial charge on any atom is -0.394 e. The summed E-state index contributed by atoms with van der Waals surface area (Å²) >= 11 is 3.17. The van der Waals surface area contributed by atoms with Crippen LogP contribution >= 0.6 is 23.3 Å². The molecule has 0 saturated heterocycles. The number of nitrogens with zero attached hydrogens (tertiary/aromatic N) is 2. The van der Waals surface area contributed by atoms with E-state index in [1.807, 2.05) is 6.92 Å². The highest BCUT2D eigenvalue weighted by molar-refractivity contribution is 8.01. The van der Waals surface area contributed by atoms with Crippen molar-refractivity contribution in [3.8, 4) is 0 Å². The molecule has 1 aromatic rings. The number of rotatable bonds is 7. The number of thioether (sulfide) groups is 1. The van der Waals surface area contributed by atoms with Crippen LogP contribution in [0.2, 0.25) is 0 Å². The summed E-state index contributed by atoms with van der Waals surface area (Å²) in [6.45, 7) is 9.19. The topological polar surface area (TPSA) is 58.0 Å². The van der Waals surface area contributed by atoms with Gasteiger partial charge in [0, 0.05) is 10.8 Å². The van der Waals surface area contributed by atoms with Crippen LogP contribution in [0.15, 0.2) is 4.34 Å². The molecule has 0 fully saturated rings. The Kier molecular flexibility index (Phi) is 5.85. The van der Waals surface area contributed by atoms with Crippen molar-refractivity contribution in [2.24, 2.45) is 0 Å². The zero-order valence-corrected chi connectivity index (χ0v) is 12.5. The Morgan fingerprint density at radius 2 is 2.29 bits per heavy atom. The fraction of sp³-hybridized carbons (Fsp3) is 0.818. The molecular formula is C11H21N3OS2. The van der Waals surface area contributed by atoms with E-state index in [2.05, 4.69) is 35.4 Å². The number of aliphatic hydroxyl groups is 1. The van der Waals surface area contributed by atoms with Gasteiger partial charge in [0.2, 0.25) is 0 Å². The Balaban J connectivity index is 2.50. The van der Waals surface area contributed by atoms with Crippen molar-refractivity contribution >= 4 is 23.3 Å². The van der Waals surface area contributed by atoms with Gasteiger partial charge in [-0.15, -0.1) is 0 Å². The lowest BCUT2D eigenvalue weighted by Gasteiger charge is -2.30. The molecule has 0 saturated carbocycles. The maximum absolute atomic E-state index is 9.44. The zero-order chi connectivity index (χ0) is 12.9. The Hall–Kier alpha value is -0.170. The van der Waals surface area contributed by atoms with Crippen molar-refractivity contribution in [2.45, 2.75) is 49.2 Å². The van der Waals surface area contributed by atoms with Gasteiger partial charge in [-0.3, -0.25) is 0 Å². The first-order valence-corrected chi connectivity index (χ1v) is 7.47. The molecule has 2 N–H and O–H groups in total. The average Bonchev–Trinajstić information content (AvgIpc) is 2.64. The molecule has 1 heterocycles. The predicted molar refractivity (Wildman–Crippen MR) is 73.7 cm³/mol. The minimum absolute atomic E-state index is 0.154. The van der Waals surface area contributed by atoms with Crippen LogP contribution in [0.3, 0.4) is 0 Å². The first-order valence-electron chi connectivity index (χ1n) is 5.82. The van der Waals surface area contributed by atoms with Crippen LogP contribution in [-0.2, 0) is 0 Å². The molecule has 0 aliphatic rings. The number of hydrogen-bond acceptors (Lipinski definition) is 6. The minimum atomic E-state index is -0.207. The van der Waals surface area contributed by atoms with Crippen molar-refractivity contribution in [2.75, 3.05) is 13.2 Å². The van der Waals surface area contributed by atoms with E-state index < -0.39 is 0 Å². The first kappa shape index (κ1) is 14.9. The maximum Gasteiger partial charge on any atom is 0.170 e. The van der Waals surface area contributed by atoms with Crippen molar-refractivity contribution in [3.05, 3.63) is 5.82 Å². The van der Waals surface area contributed by atoms with Crippen LogP contribution in [0.5, 0.6) is 0 Å². The van der Waals surface area contributed by atoms with Gasteiger partial charge in [-0.1, -0.05) is 25.6 Å². The van der Waals surface area contributed by atoms with E-state index in [4.69, 9.17) is 0 Å². The molecule has 0 aliphatic heterocycles. The standard InChI is InChI=1S/C11H21N3OS2/c1-5-12-11(4,7-15)6-8(2)16-10-13-9(3)14-17-10/h8,12,15H,5-7H2,1-4H3. The molecule has 0 aliphatic carbocycles. The predicted octanol–water partition coefficient (Wildman–Crippen LogP) is 2.08. The summed E-state index contributed by atoms with van der Waals surface area (Å²) in [5.74, 6) is 0.835. The summed E-state index contributed by atoms with van der Waals surface area (Å²) in [6, 6.07) is 0. The molecule has 1 rings (SSSR count). The van der Waals surface area contributed by atoms with Gasteiger partial charge in [0.05, 0.1) is 6.61 Å². The van der Waals surface area contributed by atoms with E-state index in [9.17, 15) is 5.11 Å². The maximum atomic E-state index is 9.44. The summed E-state index contributed by atoms with van der Waals surface area (Å²) in [7, 11) is 0.